The maximum atomic E-state index is 13.4. The zero-order valence-corrected chi connectivity index (χ0v) is 18.3. The third-order valence-electron chi connectivity index (χ3n) is 7.34. The smallest absolute Gasteiger partial charge is 0.302 e. The Bertz CT molecular complexity index is 817. The second-order valence-corrected chi connectivity index (χ2v) is 9.69. The molecule has 0 saturated heterocycles. The Kier molecular flexibility index (Phi) is 5.54. The van der Waals surface area contributed by atoms with Gasteiger partial charge in [0.15, 0.2) is 0 Å². The maximum absolute atomic E-state index is 13.4. The van der Waals surface area contributed by atoms with E-state index >= 15 is 0 Å². The number of hydrogen-bond acceptors (Lipinski definition) is 6. The van der Waals surface area contributed by atoms with Crippen molar-refractivity contribution < 1.29 is 29.0 Å². The van der Waals surface area contributed by atoms with Gasteiger partial charge in [-0.1, -0.05) is 34.1 Å². The molecule has 29 heavy (non-hydrogen) atoms. The van der Waals surface area contributed by atoms with E-state index in [1.807, 2.05) is 0 Å². The zero-order valence-electron chi connectivity index (χ0n) is 18.3. The van der Waals surface area contributed by atoms with Gasteiger partial charge in [-0.05, 0) is 30.6 Å². The number of esters is 1. The molecule has 0 bridgehead atoms. The number of ether oxygens (including phenoxy) is 2. The van der Waals surface area contributed by atoms with Crippen LogP contribution in [-0.4, -0.2) is 42.5 Å². The van der Waals surface area contributed by atoms with E-state index in [0.29, 0.717) is 17.6 Å². The third-order valence-corrected chi connectivity index (χ3v) is 7.34. The van der Waals surface area contributed by atoms with E-state index in [1.165, 1.54) is 6.92 Å². The summed E-state index contributed by atoms with van der Waals surface area (Å²) >= 11 is 0. The topological polar surface area (TPSA) is 89.9 Å². The molecule has 0 spiro atoms. The van der Waals surface area contributed by atoms with E-state index in [-0.39, 0.29) is 29.3 Å². The fourth-order valence-corrected chi connectivity index (χ4v) is 5.94. The van der Waals surface area contributed by atoms with Crippen molar-refractivity contribution in [2.24, 2.45) is 22.7 Å². The molecule has 0 unspecified atom stereocenters. The lowest BCUT2D eigenvalue weighted by molar-refractivity contribution is -0.142. The average molecular weight is 405 g/mol. The Hall–Kier alpha value is -1.95. The van der Waals surface area contributed by atoms with Crippen LogP contribution in [0.5, 0.6) is 0 Å². The molecule has 3 aliphatic rings. The highest BCUT2D eigenvalue weighted by Crippen LogP contribution is 2.61. The minimum absolute atomic E-state index is 0.00780. The van der Waals surface area contributed by atoms with E-state index in [2.05, 4.69) is 20.8 Å². The number of fused-ring (bicyclic) bond motifs is 2. The van der Waals surface area contributed by atoms with E-state index in [4.69, 9.17) is 9.47 Å². The number of hydrogen-bond donors (Lipinski definition) is 1. The summed E-state index contributed by atoms with van der Waals surface area (Å²) in [5.74, 6) is -2.29. The number of ketones is 2. The lowest BCUT2D eigenvalue weighted by Gasteiger charge is -2.56. The van der Waals surface area contributed by atoms with Gasteiger partial charge in [-0.25, -0.2) is 0 Å². The van der Waals surface area contributed by atoms with Crippen LogP contribution in [0.25, 0.3) is 0 Å². The minimum Gasteiger partial charge on any atom is -0.507 e. The van der Waals surface area contributed by atoms with E-state index in [9.17, 15) is 19.5 Å². The molecule has 3 rings (SSSR count). The highest BCUT2D eigenvalue weighted by atomic mass is 16.5. The standard InChI is InChI=1S/C23H32O6/c1-12(11-29-13(2)24)16-19(25)17-14(28-6)10-15-22(3,4)8-7-9-23(15,5)18(17)21(27)20(16)26/h12,14-15,25H,7-11H2,1-6H3/t12-,14-,15+,23+/m1/s1. The number of rotatable bonds is 4. The maximum Gasteiger partial charge on any atom is 0.302 e. The van der Waals surface area contributed by atoms with Crippen LogP contribution in [0.4, 0.5) is 0 Å². The van der Waals surface area contributed by atoms with Gasteiger partial charge in [0, 0.05) is 36.5 Å². The van der Waals surface area contributed by atoms with Gasteiger partial charge in [-0.2, -0.15) is 0 Å². The van der Waals surface area contributed by atoms with Gasteiger partial charge in [0.05, 0.1) is 18.3 Å². The molecule has 1 N–H and O–H groups in total. The molecule has 0 aromatic carbocycles. The van der Waals surface area contributed by atoms with Gasteiger partial charge in [-0.3, -0.25) is 14.4 Å². The minimum atomic E-state index is -0.694. The van der Waals surface area contributed by atoms with Crippen LogP contribution < -0.4 is 0 Å². The fourth-order valence-electron chi connectivity index (χ4n) is 5.94. The number of allylic oxidation sites excluding steroid dienone is 1. The molecule has 4 atom stereocenters. The number of carbonyl (C=O) groups excluding carboxylic acids is 3. The Morgan fingerprint density at radius 3 is 2.45 bits per heavy atom. The van der Waals surface area contributed by atoms with Crippen molar-refractivity contribution in [1.82, 2.24) is 0 Å². The van der Waals surface area contributed by atoms with Crippen molar-refractivity contribution in [1.29, 1.82) is 0 Å². The predicted octanol–water partition coefficient (Wildman–Crippen LogP) is 3.70. The highest BCUT2D eigenvalue weighted by molar-refractivity contribution is 6.50. The van der Waals surface area contributed by atoms with Crippen molar-refractivity contribution in [3.8, 4) is 0 Å². The molecular weight excluding hydrogens is 372 g/mol. The predicted molar refractivity (Wildman–Crippen MR) is 107 cm³/mol. The highest BCUT2D eigenvalue weighted by Gasteiger charge is 2.58. The monoisotopic (exact) mass is 404 g/mol. The first-order valence-corrected chi connectivity index (χ1v) is 10.4. The number of aliphatic hydroxyl groups is 1. The van der Waals surface area contributed by atoms with Gasteiger partial charge in [0.25, 0.3) is 0 Å². The Labute approximate surface area is 172 Å². The Balaban J connectivity index is 2.17. The van der Waals surface area contributed by atoms with Crippen LogP contribution in [0, 0.1) is 22.7 Å². The molecular formula is C23H32O6. The number of carbonyl (C=O) groups is 3. The van der Waals surface area contributed by atoms with Crippen LogP contribution in [0.15, 0.2) is 22.5 Å². The molecule has 0 aromatic heterocycles. The van der Waals surface area contributed by atoms with E-state index in [1.54, 1.807) is 14.0 Å². The third kappa shape index (κ3) is 3.35. The van der Waals surface area contributed by atoms with Crippen LogP contribution >= 0.6 is 0 Å². The van der Waals surface area contributed by atoms with E-state index < -0.39 is 35.0 Å². The first kappa shape index (κ1) is 21.8. The quantitative estimate of drug-likeness (QED) is 0.437. The summed E-state index contributed by atoms with van der Waals surface area (Å²) in [4.78, 5) is 37.6. The molecule has 0 aliphatic heterocycles. The summed E-state index contributed by atoms with van der Waals surface area (Å²) in [5.41, 5.74) is 0.442. The second kappa shape index (κ2) is 7.38. The molecule has 3 aliphatic carbocycles. The van der Waals surface area contributed by atoms with Gasteiger partial charge >= 0.3 is 5.97 Å². The molecule has 6 nitrogen and oxygen atoms in total. The summed E-state index contributed by atoms with van der Waals surface area (Å²) in [7, 11) is 1.57. The largest absolute Gasteiger partial charge is 0.507 e. The molecule has 0 aromatic rings. The van der Waals surface area contributed by atoms with Crippen molar-refractivity contribution in [2.75, 3.05) is 13.7 Å². The van der Waals surface area contributed by atoms with Gasteiger partial charge in [0.2, 0.25) is 11.6 Å². The zero-order chi connectivity index (χ0) is 21.7. The first-order valence-electron chi connectivity index (χ1n) is 10.4. The first-order chi connectivity index (χ1) is 13.5. The van der Waals surface area contributed by atoms with Crippen LogP contribution in [0.1, 0.15) is 60.3 Å². The molecule has 0 radical (unpaired) electrons. The molecule has 1 fully saturated rings. The van der Waals surface area contributed by atoms with Gasteiger partial charge < -0.3 is 14.6 Å². The molecule has 0 heterocycles. The molecule has 1 saturated carbocycles. The number of aliphatic hydroxyl groups excluding tert-OH is 1. The summed E-state index contributed by atoms with van der Waals surface area (Å²) in [6.45, 7) is 9.37. The van der Waals surface area contributed by atoms with Crippen LogP contribution in [-0.2, 0) is 23.9 Å². The second-order valence-electron chi connectivity index (χ2n) is 9.69. The molecule has 6 heteroatoms. The van der Waals surface area contributed by atoms with Crippen molar-refractivity contribution in [3.05, 3.63) is 22.5 Å². The lowest BCUT2D eigenvalue weighted by Crippen LogP contribution is -2.53. The van der Waals surface area contributed by atoms with Crippen molar-refractivity contribution in [3.63, 3.8) is 0 Å². The fraction of sp³-hybridized carbons (Fsp3) is 0.696. The van der Waals surface area contributed by atoms with Gasteiger partial charge in [-0.15, -0.1) is 0 Å². The van der Waals surface area contributed by atoms with Crippen LogP contribution in [0.2, 0.25) is 0 Å². The SMILES string of the molecule is CO[C@@H]1C[C@H]2C(C)(C)CCC[C@]2(C)C2=C1C(O)=C([C@H](C)COC(C)=O)C(=O)C2=O. The summed E-state index contributed by atoms with van der Waals surface area (Å²) in [6.07, 6.45) is 3.07. The Morgan fingerprint density at radius 2 is 1.86 bits per heavy atom. The normalized spacial score (nSPS) is 32.6. The van der Waals surface area contributed by atoms with Crippen LogP contribution in [0.3, 0.4) is 0 Å². The average Bonchev–Trinajstić information content (AvgIpc) is 2.63. The van der Waals surface area contributed by atoms with Gasteiger partial charge in [0.1, 0.15) is 5.76 Å². The lowest BCUT2D eigenvalue weighted by atomic mass is 9.48. The number of Topliss-reactive ketones (excluding diaryl/α,β-unsaturated/α-hetero) is 2. The summed E-state index contributed by atoms with van der Waals surface area (Å²) in [5, 5.41) is 11.2. The number of methoxy groups -OCH3 is 1. The van der Waals surface area contributed by atoms with E-state index in [0.717, 1.165) is 19.3 Å². The van der Waals surface area contributed by atoms with Crippen molar-refractivity contribution in [2.45, 2.75) is 66.4 Å². The molecule has 160 valence electrons. The summed E-state index contributed by atoms with van der Waals surface area (Å²) < 4.78 is 10.7. The Morgan fingerprint density at radius 1 is 1.21 bits per heavy atom. The molecule has 0 amide bonds. The van der Waals surface area contributed by atoms with Crippen molar-refractivity contribution >= 4 is 17.5 Å². The summed E-state index contributed by atoms with van der Waals surface area (Å²) in [6, 6.07) is 0.